The van der Waals surface area contributed by atoms with E-state index in [1.165, 1.54) is 0 Å². The molecular weight excluding hydrogens is 244 g/mol. The van der Waals surface area contributed by atoms with Crippen LogP contribution in [0.3, 0.4) is 0 Å². The van der Waals surface area contributed by atoms with E-state index in [1.54, 1.807) is 20.3 Å². The van der Waals surface area contributed by atoms with E-state index in [9.17, 15) is 4.79 Å². The lowest BCUT2D eigenvalue weighted by Crippen LogP contribution is -2.29. The number of hydrogen-bond donors (Lipinski definition) is 2. The van der Waals surface area contributed by atoms with Gasteiger partial charge in [-0.25, -0.2) is 0 Å². The van der Waals surface area contributed by atoms with Crippen LogP contribution in [0.15, 0.2) is 18.2 Å². The molecule has 96 valence electrons. The number of hydrogen-bond acceptors (Lipinski definition) is 4. The van der Waals surface area contributed by atoms with Crippen molar-refractivity contribution in [3.63, 3.8) is 0 Å². The first kappa shape index (κ1) is 15.5. The predicted molar refractivity (Wildman–Crippen MR) is 67.7 cm³/mol. The molecule has 0 atom stereocenters. The number of carbonyl (C=O) groups excluding carboxylic acids is 1. The summed E-state index contributed by atoms with van der Waals surface area (Å²) < 4.78 is 10.3. The van der Waals surface area contributed by atoms with Crippen LogP contribution in [0.2, 0.25) is 0 Å². The second kappa shape index (κ2) is 7.76. The second-order valence-corrected chi connectivity index (χ2v) is 3.17. The van der Waals surface area contributed by atoms with Crippen LogP contribution in [0.5, 0.6) is 11.5 Å². The van der Waals surface area contributed by atoms with E-state index in [2.05, 4.69) is 5.32 Å². The minimum absolute atomic E-state index is 0. The van der Waals surface area contributed by atoms with Gasteiger partial charge in [0, 0.05) is 6.54 Å². The summed E-state index contributed by atoms with van der Waals surface area (Å²) >= 11 is 0. The van der Waals surface area contributed by atoms with Gasteiger partial charge < -0.3 is 20.5 Å². The molecule has 1 rings (SSSR count). The molecule has 0 heterocycles. The molecule has 0 bridgehead atoms. The highest BCUT2D eigenvalue weighted by Gasteiger charge is 2.05. The molecule has 6 heteroatoms. The molecule has 0 saturated heterocycles. The molecule has 0 aliphatic heterocycles. The van der Waals surface area contributed by atoms with Crippen LogP contribution >= 0.6 is 12.4 Å². The number of methoxy groups -OCH3 is 2. The smallest absolute Gasteiger partial charge is 0.234 e. The highest BCUT2D eigenvalue weighted by molar-refractivity contribution is 5.85. The molecule has 0 aromatic heterocycles. The Kier molecular flexibility index (Phi) is 7.09. The fourth-order valence-electron chi connectivity index (χ4n) is 1.26. The van der Waals surface area contributed by atoms with Crippen LogP contribution < -0.4 is 20.5 Å². The zero-order chi connectivity index (χ0) is 12.0. The molecule has 0 unspecified atom stereocenters. The van der Waals surface area contributed by atoms with Crippen molar-refractivity contribution in [3.05, 3.63) is 23.8 Å². The first-order valence-electron chi connectivity index (χ1n) is 4.89. The summed E-state index contributed by atoms with van der Waals surface area (Å²) in [6.07, 6.45) is 0. The lowest BCUT2D eigenvalue weighted by atomic mass is 10.2. The van der Waals surface area contributed by atoms with Gasteiger partial charge in [-0.05, 0) is 17.7 Å². The number of amides is 1. The van der Waals surface area contributed by atoms with E-state index >= 15 is 0 Å². The normalized spacial score (nSPS) is 9.12. The van der Waals surface area contributed by atoms with E-state index < -0.39 is 0 Å². The summed E-state index contributed by atoms with van der Waals surface area (Å²) in [5, 5.41) is 2.68. The van der Waals surface area contributed by atoms with E-state index in [1.807, 2.05) is 12.1 Å². The molecule has 0 fully saturated rings. The van der Waals surface area contributed by atoms with Crippen LogP contribution in [0, 0.1) is 0 Å². The summed E-state index contributed by atoms with van der Waals surface area (Å²) in [5.74, 6) is 1.12. The third-order valence-corrected chi connectivity index (χ3v) is 2.12. The van der Waals surface area contributed by atoms with Gasteiger partial charge in [0.05, 0.1) is 20.8 Å². The van der Waals surface area contributed by atoms with Crippen molar-refractivity contribution in [2.45, 2.75) is 6.54 Å². The maximum atomic E-state index is 11.0. The fourth-order valence-corrected chi connectivity index (χ4v) is 1.26. The van der Waals surface area contributed by atoms with Gasteiger partial charge in [-0.2, -0.15) is 0 Å². The highest BCUT2D eigenvalue weighted by Crippen LogP contribution is 2.27. The number of benzene rings is 1. The fraction of sp³-hybridized carbons (Fsp3) is 0.364. The Morgan fingerprint density at radius 1 is 1.29 bits per heavy atom. The molecule has 0 saturated carbocycles. The average Bonchev–Trinajstić information content (AvgIpc) is 2.35. The Morgan fingerprint density at radius 3 is 2.47 bits per heavy atom. The standard InChI is InChI=1S/C11H16N2O3.ClH/c1-15-9-4-3-8(5-10(9)16-2)7-13-11(14)6-12;/h3-5H,6-7,12H2,1-2H3,(H,13,14);1H. The zero-order valence-electron chi connectivity index (χ0n) is 9.86. The molecule has 17 heavy (non-hydrogen) atoms. The molecule has 0 spiro atoms. The number of carbonyl (C=O) groups is 1. The van der Waals surface area contributed by atoms with Crippen LogP contribution in [0.25, 0.3) is 0 Å². The van der Waals surface area contributed by atoms with Gasteiger partial charge in [0.25, 0.3) is 0 Å². The lowest BCUT2D eigenvalue weighted by Gasteiger charge is -2.09. The largest absolute Gasteiger partial charge is 0.493 e. The van der Waals surface area contributed by atoms with Gasteiger partial charge in [0.2, 0.25) is 5.91 Å². The first-order valence-corrected chi connectivity index (χ1v) is 4.89. The Bertz CT molecular complexity index is 372. The summed E-state index contributed by atoms with van der Waals surface area (Å²) in [6, 6.07) is 5.47. The highest BCUT2D eigenvalue weighted by atomic mass is 35.5. The Morgan fingerprint density at radius 2 is 1.94 bits per heavy atom. The summed E-state index contributed by atoms with van der Waals surface area (Å²) in [7, 11) is 3.15. The van der Waals surface area contributed by atoms with Gasteiger partial charge in [-0.1, -0.05) is 6.07 Å². The van der Waals surface area contributed by atoms with Crippen molar-refractivity contribution in [1.29, 1.82) is 0 Å². The van der Waals surface area contributed by atoms with Crippen LogP contribution in [-0.2, 0) is 11.3 Å². The first-order chi connectivity index (χ1) is 7.71. The number of nitrogens with two attached hydrogens (primary N) is 1. The number of halogens is 1. The molecule has 1 aromatic carbocycles. The SMILES string of the molecule is COc1ccc(CNC(=O)CN)cc1OC.Cl. The monoisotopic (exact) mass is 260 g/mol. The van der Waals surface area contributed by atoms with Crippen molar-refractivity contribution in [3.8, 4) is 11.5 Å². The second-order valence-electron chi connectivity index (χ2n) is 3.17. The van der Waals surface area contributed by atoms with Gasteiger partial charge in [-0.15, -0.1) is 12.4 Å². The van der Waals surface area contributed by atoms with E-state index in [0.717, 1.165) is 5.56 Å². The van der Waals surface area contributed by atoms with Crippen molar-refractivity contribution >= 4 is 18.3 Å². The molecule has 0 aliphatic rings. The zero-order valence-corrected chi connectivity index (χ0v) is 10.7. The lowest BCUT2D eigenvalue weighted by molar-refractivity contribution is -0.119. The predicted octanol–water partition coefficient (Wildman–Crippen LogP) is 0.700. The Labute approximate surface area is 107 Å². The number of rotatable bonds is 5. The molecule has 0 aliphatic carbocycles. The number of nitrogens with one attached hydrogen (secondary N) is 1. The molecule has 1 amide bonds. The van der Waals surface area contributed by atoms with Crippen molar-refractivity contribution < 1.29 is 14.3 Å². The third-order valence-electron chi connectivity index (χ3n) is 2.12. The van der Waals surface area contributed by atoms with Crippen LogP contribution in [-0.4, -0.2) is 26.7 Å². The molecular formula is C11H17ClN2O3. The third kappa shape index (κ3) is 4.50. The van der Waals surface area contributed by atoms with Gasteiger partial charge >= 0.3 is 0 Å². The molecule has 1 aromatic rings. The van der Waals surface area contributed by atoms with E-state index in [4.69, 9.17) is 15.2 Å². The van der Waals surface area contributed by atoms with Crippen molar-refractivity contribution in [1.82, 2.24) is 5.32 Å². The van der Waals surface area contributed by atoms with Gasteiger partial charge in [0.1, 0.15) is 0 Å². The molecule has 5 nitrogen and oxygen atoms in total. The minimum atomic E-state index is -0.185. The maximum Gasteiger partial charge on any atom is 0.234 e. The van der Waals surface area contributed by atoms with E-state index in [0.29, 0.717) is 18.0 Å². The van der Waals surface area contributed by atoms with Crippen LogP contribution in [0.4, 0.5) is 0 Å². The van der Waals surface area contributed by atoms with Crippen molar-refractivity contribution in [2.75, 3.05) is 20.8 Å². The summed E-state index contributed by atoms with van der Waals surface area (Å²) in [4.78, 5) is 11.0. The molecule has 0 radical (unpaired) electrons. The van der Waals surface area contributed by atoms with Crippen molar-refractivity contribution in [2.24, 2.45) is 5.73 Å². The maximum absolute atomic E-state index is 11.0. The minimum Gasteiger partial charge on any atom is -0.493 e. The van der Waals surface area contributed by atoms with Gasteiger partial charge in [0.15, 0.2) is 11.5 Å². The van der Waals surface area contributed by atoms with Crippen LogP contribution in [0.1, 0.15) is 5.56 Å². The Hall–Kier alpha value is -1.46. The Balaban J connectivity index is 0.00000256. The quantitative estimate of drug-likeness (QED) is 0.817. The average molecular weight is 261 g/mol. The van der Waals surface area contributed by atoms with Gasteiger partial charge in [-0.3, -0.25) is 4.79 Å². The summed E-state index contributed by atoms with van der Waals surface area (Å²) in [5.41, 5.74) is 6.11. The van der Waals surface area contributed by atoms with E-state index in [-0.39, 0.29) is 24.9 Å². The summed E-state index contributed by atoms with van der Waals surface area (Å²) in [6.45, 7) is 0.420. The topological polar surface area (TPSA) is 73.6 Å². The molecule has 3 N–H and O–H groups in total. The number of ether oxygens (including phenoxy) is 2.